The number of rotatable bonds is 3. The summed E-state index contributed by atoms with van der Waals surface area (Å²) >= 11 is 1.65. The molecule has 0 saturated carbocycles. The first-order valence-corrected chi connectivity index (χ1v) is 7.74. The minimum absolute atomic E-state index is 0.228. The summed E-state index contributed by atoms with van der Waals surface area (Å²) in [5.74, 6) is 0.601. The summed E-state index contributed by atoms with van der Waals surface area (Å²) in [5.41, 5.74) is 1.02. The van der Waals surface area contributed by atoms with Gasteiger partial charge < -0.3 is 5.32 Å². The highest BCUT2D eigenvalue weighted by Gasteiger charge is 2.42. The topological polar surface area (TPSA) is 42.0 Å². The Kier molecular flexibility index (Phi) is 2.67. The van der Waals surface area contributed by atoms with Gasteiger partial charge in [-0.1, -0.05) is 12.1 Å². The number of nitrogens with zero attached hydrogens (tertiary/aromatic N) is 1. The van der Waals surface area contributed by atoms with Crippen LogP contribution in [0.2, 0.25) is 0 Å². The van der Waals surface area contributed by atoms with Gasteiger partial charge in [-0.15, -0.1) is 11.3 Å². The molecule has 3 unspecified atom stereocenters. The first-order valence-electron chi connectivity index (χ1n) is 6.93. The Morgan fingerprint density at radius 3 is 3.00 bits per heavy atom. The highest BCUT2D eigenvalue weighted by atomic mass is 32.1. The van der Waals surface area contributed by atoms with Crippen LogP contribution in [0.1, 0.15) is 24.3 Å². The number of carbonyl (C=O) groups is 1. The van der Waals surface area contributed by atoms with Crippen LogP contribution in [0, 0.1) is 5.92 Å². The van der Waals surface area contributed by atoms with Crippen LogP contribution in [-0.4, -0.2) is 22.9 Å². The third-order valence-electron chi connectivity index (χ3n) is 4.38. The summed E-state index contributed by atoms with van der Waals surface area (Å²) in [4.78, 5) is 17.0. The molecule has 1 aromatic carbocycles. The Labute approximate surface area is 116 Å². The van der Waals surface area contributed by atoms with Crippen LogP contribution >= 0.6 is 11.3 Å². The van der Waals surface area contributed by atoms with Gasteiger partial charge in [0.2, 0.25) is 0 Å². The van der Waals surface area contributed by atoms with E-state index in [9.17, 15) is 4.79 Å². The fraction of sp³-hybridized carbons (Fsp3) is 0.467. The number of hydrogen-bond donors (Lipinski definition) is 1. The molecule has 98 valence electrons. The fourth-order valence-corrected chi connectivity index (χ4v) is 4.43. The monoisotopic (exact) mass is 272 g/mol. The number of ketones is 1. The van der Waals surface area contributed by atoms with Crippen molar-refractivity contribution in [3.8, 4) is 0 Å². The van der Waals surface area contributed by atoms with Gasteiger partial charge in [0.25, 0.3) is 0 Å². The molecule has 2 bridgehead atoms. The molecule has 2 aliphatic heterocycles. The second kappa shape index (κ2) is 4.39. The quantitative estimate of drug-likeness (QED) is 0.933. The number of carbonyl (C=O) groups excluding carboxylic acids is 1. The van der Waals surface area contributed by atoms with Crippen LogP contribution in [-0.2, 0) is 11.2 Å². The number of para-hydroxylation sites is 1. The summed E-state index contributed by atoms with van der Waals surface area (Å²) in [5, 5.41) is 4.50. The van der Waals surface area contributed by atoms with Crippen molar-refractivity contribution in [2.75, 3.05) is 0 Å². The Bertz CT molecular complexity index is 603. The summed E-state index contributed by atoms with van der Waals surface area (Å²) in [7, 11) is 0. The van der Waals surface area contributed by atoms with E-state index in [1.807, 2.05) is 18.2 Å². The molecule has 0 spiro atoms. The number of hydrogen-bond acceptors (Lipinski definition) is 4. The van der Waals surface area contributed by atoms with Gasteiger partial charge in [0, 0.05) is 18.0 Å². The van der Waals surface area contributed by atoms with Gasteiger partial charge in [-0.2, -0.15) is 0 Å². The van der Waals surface area contributed by atoms with Gasteiger partial charge in [-0.05, 0) is 31.4 Å². The number of aromatic nitrogens is 1. The normalized spacial score (nSPS) is 29.2. The van der Waals surface area contributed by atoms with Crippen molar-refractivity contribution in [2.45, 2.75) is 37.8 Å². The second-order valence-corrected chi connectivity index (χ2v) is 6.72. The lowest BCUT2D eigenvalue weighted by atomic mass is 9.85. The smallest absolute Gasteiger partial charge is 0.144 e. The highest BCUT2D eigenvalue weighted by Crippen LogP contribution is 2.34. The number of thiazole rings is 1. The van der Waals surface area contributed by atoms with E-state index in [4.69, 9.17) is 0 Å². The SMILES string of the molecule is O=C(Cc1nc2ccccc2s1)C1CC2CCC1N2. The maximum absolute atomic E-state index is 12.4. The zero-order valence-corrected chi connectivity index (χ0v) is 11.5. The minimum Gasteiger partial charge on any atom is -0.310 e. The molecule has 1 N–H and O–H groups in total. The first kappa shape index (κ1) is 11.6. The molecular weight excluding hydrogens is 256 g/mol. The molecule has 2 aromatic rings. The summed E-state index contributed by atoms with van der Waals surface area (Å²) in [6.07, 6.45) is 3.96. The Hall–Kier alpha value is -1.26. The third kappa shape index (κ3) is 1.99. The maximum Gasteiger partial charge on any atom is 0.144 e. The Morgan fingerprint density at radius 1 is 1.37 bits per heavy atom. The van der Waals surface area contributed by atoms with Crippen LogP contribution in [0.3, 0.4) is 0 Å². The van der Waals surface area contributed by atoms with E-state index in [0.29, 0.717) is 24.3 Å². The van der Waals surface area contributed by atoms with Gasteiger partial charge in [0.1, 0.15) is 10.8 Å². The lowest BCUT2D eigenvalue weighted by Crippen LogP contribution is -2.29. The number of nitrogens with one attached hydrogen (secondary N) is 1. The molecule has 3 atom stereocenters. The molecule has 2 saturated heterocycles. The standard InChI is InChI=1S/C15H16N2OS/c18-13(10-7-9-5-6-11(10)16-9)8-15-17-12-3-1-2-4-14(12)19-15/h1-4,9-11,16H,5-8H2. The second-order valence-electron chi connectivity index (χ2n) is 5.61. The average Bonchev–Trinajstić information content (AvgIpc) is 3.12. The van der Waals surface area contributed by atoms with E-state index in [1.165, 1.54) is 17.5 Å². The first-order chi connectivity index (χ1) is 9.29. The summed E-state index contributed by atoms with van der Waals surface area (Å²) in [6, 6.07) is 9.12. The van der Waals surface area contributed by atoms with Gasteiger partial charge in [0.05, 0.1) is 16.6 Å². The van der Waals surface area contributed by atoms with E-state index in [2.05, 4.69) is 16.4 Å². The summed E-state index contributed by atoms with van der Waals surface area (Å²) < 4.78 is 1.18. The Morgan fingerprint density at radius 2 is 2.26 bits per heavy atom. The van der Waals surface area contributed by atoms with Crippen LogP contribution < -0.4 is 5.32 Å². The maximum atomic E-state index is 12.4. The van der Waals surface area contributed by atoms with E-state index in [0.717, 1.165) is 16.9 Å². The lowest BCUT2D eigenvalue weighted by Gasteiger charge is -2.17. The molecule has 2 fully saturated rings. The van der Waals surface area contributed by atoms with Crippen LogP contribution in [0.25, 0.3) is 10.2 Å². The largest absolute Gasteiger partial charge is 0.310 e. The Balaban J connectivity index is 1.53. The van der Waals surface area contributed by atoms with Crippen molar-refractivity contribution in [2.24, 2.45) is 5.92 Å². The predicted octanol–water partition coefficient (Wildman–Crippen LogP) is 2.55. The predicted molar refractivity (Wildman–Crippen MR) is 76.4 cm³/mol. The van der Waals surface area contributed by atoms with Crippen molar-refractivity contribution < 1.29 is 4.79 Å². The van der Waals surface area contributed by atoms with E-state index in [1.54, 1.807) is 11.3 Å². The number of fused-ring (bicyclic) bond motifs is 3. The zero-order chi connectivity index (χ0) is 12.8. The van der Waals surface area contributed by atoms with Crippen LogP contribution in [0.5, 0.6) is 0 Å². The highest BCUT2D eigenvalue weighted by molar-refractivity contribution is 7.18. The third-order valence-corrected chi connectivity index (χ3v) is 5.41. The molecule has 0 radical (unpaired) electrons. The molecule has 3 nitrogen and oxygen atoms in total. The van der Waals surface area contributed by atoms with Crippen molar-refractivity contribution in [3.63, 3.8) is 0 Å². The van der Waals surface area contributed by atoms with E-state index in [-0.39, 0.29) is 5.92 Å². The van der Waals surface area contributed by atoms with Crippen molar-refractivity contribution in [1.29, 1.82) is 0 Å². The zero-order valence-electron chi connectivity index (χ0n) is 10.6. The number of benzene rings is 1. The molecule has 0 aliphatic carbocycles. The average molecular weight is 272 g/mol. The van der Waals surface area contributed by atoms with Crippen LogP contribution in [0.4, 0.5) is 0 Å². The van der Waals surface area contributed by atoms with Gasteiger partial charge >= 0.3 is 0 Å². The van der Waals surface area contributed by atoms with Gasteiger partial charge in [-0.3, -0.25) is 4.79 Å². The van der Waals surface area contributed by atoms with Gasteiger partial charge in [-0.25, -0.2) is 4.98 Å². The molecule has 19 heavy (non-hydrogen) atoms. The fourth-order valence-electron chi connectivity index (χ4n) is 3.46. The molecule has 2 aliphatic rings. The molecular formula is C15H16N2OS. The van der Waals surface area contributed by atoms with Crippen LogP contribution in [0.15, 0.2) is 24.3 Å². The minimum atomic E-state index is 0.228. The van der Waals surface area contributed by atoms with Crippen molar-refractivity contribution >= 4 is 27.3 Å². The molecule has 1 aromatic heterocycles. The van der Waals surface area contributed by atoms with E-state index >= 15 is 0 Å². The van der Waals surface area contributed by atoms with Crippen molar-refractivity contribution in [3.05, 3.63) is 29.3 Å². The summed E-state index contributed by atoms with van der Waals surface area (Å²) in [6.45, 7) is 0. The molecule has 4 rings (SSSR count). The van der Waals surface area contributed by atoms with Crippen molar-refractivity contribution in [1.82, 2.24) is 10.3 Å². The van der Waals surface area contributed by atoms with E-state index < -0.39 is 0 Å². The number of Topliss-reactive ketones (excluding diaryl/α,β-unsaturated/α-hetero) is 1. The van der Waals surface area contributed by atoms with Gasteiger partial charge in [0.15, 0.2) is 0 Å². The lowest BCUT2D eigenvalue weighted by molar-refractivity contribution is -0.122. The molecule has 3 heterocycles. The molecule has 4 heteroatoms. The molecule has 0 amide bonds.